The molecule has 94 valence electrons. The van der Waals surface area contributed by atoms with E-state index in [0.29, 0.717) is 12.0 Å². The van der Waals surface area contributed by atoms with E-state index in [1.807, 2.05) is 0 Å². The Morgan fingerprint density at radius 2 is 2.29 bits per heavy atom. The minimum atomic E-state index is 0.318. The summed E-state index contributed by atoms with van der Waals surface area (Å²) in [6, 6.07) is 6.92. The van der Waals surface area contributed by atoms with E-state index in [9.17, 15) is 0 Å². The molecule has 0 spiro atoms. The van der Waals surface area contributed by atoms with Crippen molar-refractivity contribution in [3.8, 4) is 0 Å². The van der Waals surface area contributed by atoms with Gasteiger partial charge >= 0.3 is 0 Å². The van der Waals surface area contributed by atoms with Crippen LogP contribution < -0.4 is 11.3 Å². The number of aryl methyl sites for hydroxylation is 2. The van der Waals surface area contributed by atoms with Crippen molar-refractivity contribution in [2.24, 2.45) is 11.8 Å². The SMILES string of the molecule is Cc1ccc(C)c(CC(NN)C2CCOC2)c1. The van der Waals surface area contributed by atoms with Crippen molar-refractivity contribution < 1.29 is 4.74 Å². The monoisotopic (exact) mass is 234 g/mol. The molecule has 1 aliphatic heterocycles. The third-order valence-corrected chi connectivity index (χ3v) is 3.69. The van der Waals surface area contributed by atoms with Crippen molar-refractivity contribution in [3.05, 3.63) is 34.9 Å². The van der Waals surface area contributed by atoms with Crippen LogP contribution in [0.15, 0.2) is 18.2 Å². The van der Waals surface area contributed by atoms with Gasteiger partial charge in [0.25, 0.3) is 0 Å². The van der Waals surface area contributed by atoms with Crippen LogP contribution >= 0.6 is 0 Å². The molecule has 17 heavy (non-hydrogen) atoms. The lowest BCUT2D eigenvalue weighted by molar-refractivity contribution is 0.176. The molecule has 2 rings (SSSR count). The van der Waals surface area contributed by atoms with E-state index in [0.717, 1.165) is 26.1 Å². The standard InChI is InChI=1S/C14H22N2O/c1-10-3-4-11(2)13(7-10)8-14(16-15)12-5-6-17-9-12/h3-4,7,12,14,16H,5-6,8-9,15H2,1-2H3. The molecule has 3 N–H and O–H groups in total. The van der Waals surface area contributed by atoms with Gasteiger partial charge in [-0.3, -0.25) is 11.3 Å². The molecular formula is C14H22N2O. The largest absolute Gasteiger partial charge is 0.381 e. The fraction of sp³-hybridized carbons (Fsp3) is 0.571. The second-order valence-corrected chi connectivity index (χ2v) is 5.03. The molecule has 1 heterocycles. The van der Waals surface area contributed by atoms with Gasteiger partial charge < -0.3 is 4.74 Å². The van der Waals surface area contributed by atoms with Crippen LogP contribution in [0.3, 0.4) is 0 Å². The molecule has 1 aromatic rings. The summed E-state index contributed by atoms with van der Waals surface area (Å²) in [6.07, 6.45) is 2.10. The molecule has 2 unspecified atom stereocenters. The first kappa shape index (κ1) is 12.6. The van der Waals surface area contributed by atoms with Crippen molar-refractivity contribution in [1.29, 1.82) is 0 Å². The first-order chi connectivity index (χ1) is 8.20. The van der Waals surface area contributed by atoms with Gasteiger partial charge in [-0.2, -0.15) is 0 Å². The second kappa shape index (κ2) is 5.63. The molecule has 0 aromatic heterocycles. The van der Waals surface area contributed by atoms with E-state index in [-0.39, 0.29) is 0 Å². The number of benzene rings is 1. The third kappa shape index (κ3) is 3.06. The van der Waals surface area contributed by atoms with Gasteiger partial charge in [-0.25, -0.2) is 0 Å². The van der Waals surface area contributed by atoms with Crippen LogP contribution in [0.4, 0.5) is 0 Å². The Labute approximate surface area is 103 Å². The fourth-order valence-corrected chi connectivity index (χ4v) is 2.49. The number of hydrogen-bond donors (Lipinski definition) is 2. The second-order valence-electron chi connectivity index (χ2n) is 5.03. The first-order valence-corrected chi connectivity index (χ1v) is 6.30. The summed E-state index contributed by atoms with van der Waals surface area (Å²) < 4.78 is 5.44. The first-order valence-electron chi connectivity index (χ1n) is 6.30. The lowest BCUT2D eigenvalue weighted by atomic mass is 9.91. The van der Waals surface area contributed by atoms with E-state index in [4.69, 9.17) is 10.6 Å². The Morgan fingerprint density at radius 3 is 2.94 bits per heavy atom. The van der Waals surface area contributed by atoms with Gasteiger partial charge in [-0.15, -0.1) is 0 Å². The zero-order valence-electron chi connectivity index (χ0n) is 10.7. The summed E-state index contributed by atoms with van der Waals surface area (Å²) in [6.45, 7) is 6.00. The van der Waals surface area contributed by atoms with Crippen molar-refractivity contribution in [3.63, 3.8) is 0 Å². The molecular weight excluding hydrogens is 212 g/mol. The van der Waals surface area contributed by atoms with Crippen LogP contribution in [0.2, 0.25) is 0 Å². The van der Waals surface area contributed by atoms with E-state index >= 15 is 0 Å². The highest BCUT2D eigenvalue weighted by Gasteiger charge is 2.25. The van der Waals surface area contributed by atoms with Gasteiger partial charge in [0.1, 0.15) is 0 Å². The summed E-state index contributed by atoms with van der Waals surface area (Å²) in [7, 11) is 0. The third-order valence-electron chi connectivity index (χ3n) is 3.69. The Bertz CT molecular complexity index is 372. The molecule has 0 bridgehead atoms. The Kier molecular flexibility index (Phi) is 4.15. The van der Waals surface area contributed by atoms with Crippen molar-refractivity contribution in [2.75, 3.05) is 13.2 Å². The van der Waals surface area contributed by atoms with Crippen LogP contribution in [-0.2, 0) is 11.2 Å². The van der Waals surface area contributed by atoms with E-state index in [2.05, 4.69) is 37.5 Å². The molecule has 1 saturated heterocycles. The minimum absolute atomic E-state index is 0.318. The van der Waals surface area contributed by atoms with Gasteiger partial charge in [0.05, 0.1) is 6.61 Å². The summed E-state index contributed by atoms with van der Waals surface area (Å²) in [4.78, 5) is 0. The van der Waals surface area contributed by atoms with Crippen molar-refractivity contribution >= 4 is 0 Å². The Hall–Kier alpha value is -0.900. The zero-order valence-corrected chi connectivity index (χ0v) is 10.7. The molecule has 0 radical (unpaired) electrons. The maximum atomic E-state index is 5.68. The van der Waals surface area contributed by atoms with E-state index in [1.165, 1.54) is 16.7 Å². The molecule has 3 heteroatoms. The van der Waals surface area contributed by atoms with Crippen LogP contribution in [0, 0.1) is 19.8 Å². The number of hydrogen-bond acceptors (Lipinski definition) is 3. The number of nitrogens with one attached hydrogen (secondary N) is 1. The normalized spacial score (nSPS) is 21.7. The summed E-state index contributed by atoms with van der Waals surface area (Å²) in [5.74, 6) is 6.22. The fourth-order valence-electron chi connectivity index (χ4n) is 2.49. The number of rotatable bonds is 4. The quantitative estimate of drug-likeness (QED) is 0.616. The van der Waals surface area contributed by atoms with Crippen molar-refractivity contribution in [2.45, 2.75) is 32.7 Å². The van der Waals surface area contributed by atoms with Gasteiger partial charge in [0.15, 0.2) is 0 Å². The Morgan fingerprint density at radius 1 is 1.47 bits per heavy atom. The van der Waals surface area contributed by atoms with E-state index in [1.54, 1.807) is 0 Å². The van der Waals surface area contributed by atoms with Crippen LogP contribution in [0.1, 0.15) is 23.1 Å². The molecule has 0 aliphatic carbocycles. The summed E-state index contributed by atoms with van der Waals surface area (Å²) in [5.41, 5.74) is 7.00. The smallest absolute Gasteiger partial charge is 0.0510 e. The predicted octanol–water partition coefficient (Wildman–Crippen LogP) is 1.71. The van der Waals surface area contributed by atoms with E-state index < -0.39 is 0 Å². The molecule has 2 atom stereocenters. The maximum absolute atomic E-state index is 5.68. The number of hydrazine groups is 1. The van der Waals surface area contributed by atoms with Gasteiger partial charge in [0.2, 0.25) is 0 Å². The van der Waals surface area contributed by atoms with Crippen molar-refractivity contribution in [1.82, 2.24) is 5.43 Å². The average Bonchev–Trinajstić information content (AvgIpc) is 2.84. The van der Waals surface area contributed by atoms with Crippen LogP contribution in [0.25, 0.3) is 0 Å². The summed E-state index contributed by atoms with van der Waals surface area (Å²) >= 11 is 0. The van der Waals surface area contributed by atoms with Gasteiger partial charge in [-0.1, -0.05) is 23.8 Å². The van der Waals surface area contributed by atoms with Crippen LogP contribution in [-0.4, -0.2) is 19.3 Å². The molecule has 3 nitrogen and oxygen atoms in total. The zero-order chi connectivity index (χ0) is 12.3. The highest BCUT2D eigenvalue weighted by atomic mass is 16.5. The molecule has 1 aromatic carbocycles. The highest BCUT2D eigenvalue weighted by molar-refractivity contribution is 5.31. The lowest BCUT2D eigenvalue weighted by Gasteiger charge is -2.22. The Balaban J connectivity index is 2.09. The molecule has 0 amide bonds. The maximum Gasteiger partial charge on any atom is 0.0510 e. The lowest BCUT2D eigenvalue weighted by Crippen LogP contribution is -2.42. The van der Waals surface area contributed by atoms with Crippen LogP contribution in [0.5, 0.6) is 0 Å². The molecule has 0 saturated carbocycles. The average molecular weight is 234 g/mol. The predicted molar refractivity (Wildman–Crippen MR) is 69.7 cm³/mol. The molecule has 1 fully saturated rings. The van der Waals surface area contributed by atoms with Gasteiger partial charge in [-0.05, 0) is 37.8 Å². The highest BCUT2D eigenvalue weighted by Crippen LogP contribution is 2.21. The van der Waals surface area contributed by atoms with Gasteiger partial charge in [0, 0.05) is 18.6 Å². The molecule has 1 aliphatic rings. The number of ether oxygens (including phenoxy) is 1. The topological polar surface area (TPSA) is 47.3 Å². The number of nitrogens with two attached hydrogens (primary N) is 1. The summed E-state index contributed by atoms with van der Waals surface area (Å²) in [5, 5.41) is 0. The minimum Gasteiger partial charge on any atom is -0.381 e.